The monoisotopic (exact) mass is 718 g/mol. The van der Waals surface area contributed by atoms with Crippen LogP contribution in [0.3, 0.4) is 0 Å². The van der Waals surface area contributed by atoms with Crippen LogP contribution < -0.4 is 19.5 Å². The van der Waals surface area contributed by atoms with Crippen molar-refractivity contribution in [3.63, 3.8) is 0 Å². The summed E-state index contributed by atoms with van der Waals surface area (Å²) in [6.45, 7) is 3.54. The summed E-state index contributed by atoms with van der Waals surface area (Å²) in [5.74, 6) is 1.97. The molecule has 1 aliphatic heterocycles. The molecule has 3 N–H and O–H groups in total. The molecule has 1 aliphatic rings. The zero-order valence-electron chi connectivity index (χ0n) is 29.9. The zero-order chi connectivity index (χ0) is 36.5. The molecule has 3 unspecified atom stereocenters. The van der Waals surface area contributed by atoms with Crippen molar-refractivity contribution in [1.29, 1.82) is 0 Å². The number of esters is 1. The summed E-state index contributed by atoms with van der Waals surface area (Å²) < 4.78 is 35.4. The van der Waals surface area contributed by atoms with Crippen molar-refractivity contribution >= 4 is 16.7 Å². The summed E-state index contributed by atoms with van der Waals surface area (Å²) in [4.78, 5) is 17.2. The highest BCUT2D eigenvalue weighted by molar-refractivity contribution is 5.89. The van der Waals surface area contributed by atoms with Crippen LogP contribution in [-0.4, -0.2) is 81.6 Å². The molecule has 0 aromatic heterocycles. The van der Waals surface area contributed by atoms with Crippen LogP contribution in [-0.2, 0) is 37.1 Å². The number of nitrogens with one attached hydrogen (secondary N) is 1. The lowest BCUT2D eigenvalue weighted by molar-refractivity contribution is -0.492. The van der Waals surface area contributed by atoms with Gasteiger partial charge in [0.05, 0.1) is 65.4 Å². The Kier molecular flexibility index (Phi) is 15.5. The van der Waals surface area contributed by atoms with Gasteiger partial charge in [0.15, 0.2) is 0 Å². The van der Waals surface area contributed by atoms with Gasteiger partial charge in [0.2, 0.25) is 0 Å². The van der Waals surface area contributed by atoms with Crippen molar-refractivity contribution in [2.45, 2.75) is 50.9 Å². The van der Waals surface area contributed by atoms with Gasteiger partial charge in [0.25, 0.3) is 0 Å². The first-order valence-electron chi connectivity index (χ1n) is 17.7. The molecule has 0 saturated carbocycles. The Bertz CT molecular complexity index is 1670. The second-order valence-electron chi connectivity index (χ2n) is 12.7. The van der Waals surface area contributed by atoms with Gasteiger partial charge >= 0.3 is 5.97 Å². The van der Waals surface area contributed by atoms with E-state index in [0.717, 1.165) is 51.1 Å². The Morgan fingerprint density at radius 2 is 1.62 bits per heavy atom. The van der Waals surface area contributed by atoms with Crippen molar-refractivity contribution in [3.8, 4) is 17.2 Å². The number of hydrogen-bond acceptors (Lipinski definition) is 12. The first kappa shape index (κ1) is 38.9. The normalized spacial score (nSPS) is 17.3. The van der Waals surface area contributed by atoms with Crippen molar-refractivity contribution in [2.24, 2.45) is 5.92 Å². The molecule has 3 atom stereocenters. The number of para-hydroxylation sites is 1. The molecule has 52 heavy (non-hydrogen) atoms. The zero-order valence-corrected chi connectivity index (χ0v) is 29.9. The Hall–Kier alpha value is -4.27. The maximum Gasteiger partial charge on any atom is 0.305 e. The SMILES string of the molecule is COc1ccccc1COCCCOc1ccc(C2C(COC(=O)CCCCON(O)O)CNCC2OCc2cc(OC)c3ccccc3c2)cc1. The summed E-state index contributed by atoms with van der Waals surface area (Å²) in [7, 11) is 3.33. The lowest BCUT2D eigenvalue weighted by atomic mass is 9.79. The largest absolute Gasteiger partial charge is 0.496 e. The first-order chi connectivity index (χ1) is 25.4. The minimum Gasteiger partial charge on any atom is -0.496 e. The fourth-order valence-electron chi connectivity index (χ4n) is 6.50. The highest BCUT2D eigenvalue weighted by Crippen LogP contribution is 2.35. The quantitative estimate of drug-likeness (QED) is 0.0496. The fourth-order valence-corrected chi connectivity index (χ4v) is 6.50. The molecule has 1 fully saturated rings. The standard InChI is InChI=1S/C40H50N2O10/c1-46-36-13-6-4-11-32(36)27-48-19-9-20-49-34-17-15-30(16-18-34)40-33(28-51-39(43)14-7-8-21-52-42(44)45)24-41-25-38(40)50-26-29-22-31-10-3-5-12-35(31)37(23-29)47-2/h3-6,10-13,15-18,22-23,33,38,40-41,44-45H,7-9,14,19-21,24-28H2,1-2H3. The number of methoxy groups -OCH3 is 2. The van der Waals surface area contributed by atoms with Crippen LogP contribution in [0.5, 0.6) is 17.2 Å². The number of rotatable bonds is 21. The smallest absolute Gasteiger partial charge is 0.305 e. The van der Waals surface area contributed by atoms with Gasteiger partial charge in [-0.25, -0.2) is 0 Å². The molecule has 5 rings (SSSR count). The predicted octanol–water partition coefficient (Wildman–Crippen LogP) is 6.46. The number of ether oxygens (including phenoxy) is 6. The van der Waals surface area contributed by atoms with E-state index in [2.05, 4.69) is 34.4 Å². The highest BCUT2D eigenvalue weighted by Gasteiger charge is 2.36. The molecule has 0 aliphatic carbocycles. The predicted molar refractivity (Wildman–Crippen MR) is 194 cm³/mol. The van der Waals surface area contributed by atoms with Crippen LogP contribution in [0, 0.1) is 5.92 Å². The number of nitrogens with zero attached hydrogens (tertiary/aromatic N) is 1. The molecule has 12 heteroatoms. The van der Waals surface area contributed by atoms with Crippen LogP contribution >= 0.6 is 0 Å². The topological polar surface area (TPSA) is 137 Å². The lowest BCUT2D eigenvalue weighted by Crippen LogP contribution is -2.48. The van der Waals surface area contributed by atoms with E-state index in [1.54, 1.807) is 14.2 Å². The molecule has 0 amide bonds. The van der Waals surface area contributed by atoms with Crippen molar-refractivity contribution in [1.82, 2.24) is 10.7 Å². The Labute approximate surface area is 305 Å². The second kappa shape index (κ2) is 20.7. The van der Waals surface area contributed by atoms with E-state index in [1.165, 1.54) is 0 Å². The number of unbranched alkanes of at least 4 members (excludes halogenated alkanes) is 1. The molecule has 280 valence electrons. The number of fused-ring (bicyclic) bond motifs is 1. The second-order valence-corrected chi connectivity index (χ2v) is 12.7. The van der Waals surface area contributed by atoms with E-state index in [9.17, 15) is 4.79 Å². The molecule has 1 heterocycles. The molecule has 1 saturated heterocycles. The minimum atomic E-state index is -0.330. The van der Waals surface area contributed by atoms with E-state index in [1.807, 2.05) is 60.7 Å². The minimum absolute atomic E-state index is 0.0401. The van der Waals surface area contributed by atoms with Crippen molar-refractivity contribution < 1.29 is 48.5 Å². The number of piperidine rings is 1. The van der Waals surface area contributed by atoms with E-state index in [-0.39, 0.29) is 48.9 Å². The van der Waals surface area contributed by atoms with Crippen LogP contribution in [0.25, 0.3) is 10.8 Å². The van der Waals surface area contributed by atoms with E-state index < -0.39 is 0 Å². The van der Waals surface area contributed by atoms with Gasteiger partial charge in [-0.2, -0.15) is 0 Å². The van der Waals surface area contributed by atoms with Gasteiger partial charge in [0.1, 0.15) is 17.2 Å². The summed E-state index contributed by atoms with van der Waals surface area (Å²) in [5.41, 5.74) is 3.09. The Morgan fingerprint density at radius 1 is 0.827 bits per heavy atom. The maximum absolute atomic E-state index is 12.6. The molecule has 0 bridgehead atoms. The maximum atomic E-state index is 12.6. The van der Waals surface area contributed by atoms with Gasteiger partial charge in [-0.3, -0.25) is 20.0 Å². The van der Waals surface area contributed by atoms with Crippen LogP contribution in [0.4, 0.5) is 0 Å². The molecule has 0 radical (unpaired) electrons. The summed E-state index contributed by atoms with van der Waals surface area (Å²) >= 11 is 0. The molecular weight excluding hydrogens is 668 g/mol. The van der Waals surface area contributed by atoms with Gasteiger partial charge in [-0.1, -0.05) is 54.6 Å². The van der Waals surface area contributed by atoms with Gasteiger partial charge < -0.3 is 33.7 Å². The first-order valence-corrected chi connectivity index (χ1v) is 17.7. The summed E-state index contributed by atoms with van der Waals surface area (Å²) in [5, 5.41) is 22.6. The summed E-state index contributed by atoms with van der Waals surface area (Å²) in [6, 6.07) is 28.2. The third-order valence-electron chi connectivity index (χ3n) is 9.09. The lowest BCUT2D eigenvalue weighted by Gasteiger charge is -2.38. The van der Waals surface area contributed by atoms with Crippen LogP contribution in [0.1, 0.15) is 48.3 Å². The molecule has 12 nitrogen and oxygen atoms in total. The van der Waals surface area contributed by atoms with Crippen LogP contribution in [0.15, 0.2) is 84.9 Å². The Morgan fingerprint density at radius 3 is 2.42 bits per heavy atom. The fraction of sp³-hybridized carbons (Fsp3) is 0.425. The molecule has 4 aromatic rings. The number of carbonyl (C=O) groups is 1. The number of hydrogen-bond donors (Lipinski definition) is 3. The third kappa shape index (κ3) is 11.6. The number of benzene rings is 4. The van der Waals surface area contributed by atoms with E-state index >= 15 is 0 Å². The van der Waals surface area contributed by atoms with E-state index in [0.29, 0.717) is 52.4 Å². The van der Waals surface area contributed by atoms with Gasteiger partial charge in [-0.15, -0.1) is 0 Å². The highest BCUT2D eigenvalue weighted by atomic mass is 17.1. The molecular formula is C40H50N2O10. The molecule has 4 aromatic carbocycles. The van der Waals surface area contributed by atoms with Gasteiger partial charge in [0, 0.05) is 48.7 Å². The van der Waals surface area contributed by atoms with Gasteiger partial charge in [-0.05, 0) is 59.7 Å². The third-order valence-corrected chi connectivity index (χ3v) is 9.09. The Balaban J connectivity index is 1.19. The summed E-state index contributed by atoms with van der Waals surface area (Å²) in [6.07, 6.45) is 1.71. The average Bonchev–Trinajstić information content (AvgIpc) is 3.17. The van der Waals surface area contributed by atoms with E-state index in [4.69, 9.17) is 38.8 Å². The van der Waals surface area contributed by atoms with Crippen molar-refractivity contribution in [2.75, 3.05) is 53.7 Å². The van der Waals surface area contributed by atoms with Crippen molar-refractivity contribution in [3.05, 3.63) is 102 Å². The average molecular weight is 719 g/mol. The van der Waals surface area contributed by atoms with Crippen LogP contribution in [0.2, 0.25) is 0 Å². The number of carbonyl (C=O) groups excluding carboxylic acids is 1. The molecule has 0 spiro atoms.